The highest BCUT2D eigenvalue weighted by molar-refractivity contribution is 5.95. The van der Waals surface area contributed by atoms with E-state index in [1.807, 2.05) is 37.3 Å². The number of nitrogens with one attached hydrogen (secondary N) is 1. The van der Waals surface area contributed by atoms with Crippen molar-refractivity contribution in [1.82, 2.24) is 14.9 Å². The maximum absolute atomic E-state index is 12.5. The van der Waals surface area contributed by atoms with Gasteiger partial charge in [-0.2, -0.15) is 0 Å². The van der Waals surface area contributed by atoms with Crippen molar-refractivity contribution in [3.8, 4) is 0 Å². The molecule has 5 rings (SSSR count). The molecule has 0 aliphatic carbocycles. The van der Waals surface area contributed by atoms with Gasteiger partial charge in [0, 0.05) is 25.1 Å². The predicted molar refractivity (Wildman–Crippen MR) is 135 cm³/mol. The lowest BCUT2D eigenvalue weighted by atomic mass is 10.1. The molecule has 0 atom stereocenters. The molecule has 0 unspecified atom stereocenters. The fourth-order valence-corrected chi connectivity index (χ4v) is 4.38. The number of amides is 1. The van der Waals surface area contributed by atoms with E-state index in [0.29, 0.717) is 6.54 Å². The van der Waals surface area contributed by atoms with Crippen molar-refractivity contribution in [2.75, 3.05) is 6.54 Å². The predicted octanol–water partition coefficient (Wildman–Crippen LogP) is 5.91. The van der Waals surface area contributed by atoms with E-state index < -0.39 is 0 Å². The number of para-hydroxylation sites is 2. The van der Waals surface area contributed by atoms with Gasteiger partial charge in [-0.3, -0.25) is 4.79 Å². The molecule has 4 aromatic carbocycles. The molecule has 1 amide bonds. The highest BCUT2D eigenvalue weighted by Crippen LogP contribution is 2.21. The standard InChI is InChI=1S/C29H27N3O/c1-21-9-2-5-12-25(21)29(33)30-18-8-15-28-31-26-13-6-7-14-27(26)32(28)20-22-16-17-23-10-3-4-11-24(23)19-22/h2-7,9-14,16-17,19H,8,15,18,20H2,1H3,(H,30,33). The second-order valence-electron chi connectivity index (χ2n) is 8.46. The van der Waals surface area contributed by atoms with E-state index in [2.05, 4.69) is 70.5 Å². The molecule has 0 aliphatic heterocycles. The number of carbonyl (C=O) groups is 1. The van der Waals surface area contributed by atoms with Gasteiger partial charge in [-0.15, -0.1) is 0 Å². The van der Waals surface area contributed by atoms with Crippen molar-refractivity contribution in [2.24, 2.45) is 0 Å². The molecule has 5 aromatic rings. The molecule has 0 saturated heterocycles. The summed E-state index contributed by atoms with van der Waals surface area (Å²) in [7, 11) is 0. The number of imidazole rings is 1. The summed E-state index contributed by atoms with van der Waals surface area (Å²) in [6.07, 6.45) is 1.63. The third kappa shape index (κ3) is 4.51. The molecule has 0 fully saturated rings. The molecule has 4 nitrogen and oxygen atoms in total. The van der Waals surface area contributed by atoms with Crippen molar-refractivity contribution in [2.45, 2.75) is 26.3 Å². The summed E-state index contributed by atoms with van der Waals surface area (Å²) in [4.78, 5) is 17.4. The van der Waals surface area contributed by atoms with Crippen LogP contribution in [-0.4, -0.2) is 22.0 Å². The van der Waals surface area contributed by atoms with Crippen LogP contribution in [0.25, 0.3) is 21.8 Å². The average Bonchev–Trinajstić information content (AvgIpc) is 3.19. The van der Waals surface area contributed by atoms with Crippen LogP contribution in [0, 0.1) is 6.92 Å². The Kier molecular flexibility index (Phi) is 5.90. The summed E-state index contributed by atoms with van der Waals surface area (Å²) in [6, 6.07) is 31.1. The van der Waals surface area contributed by atoms with Crippen LogP contribution in [0.4, 0.5) is 0 Å². The van der Waals surface area contributed by atoms with Gasteiger partial charge >= 0.3 is 0 Å². The van der Waals surface area contributed by atoms with Gasteiger partial charge in [-0.05, 0) is 59.5 Å². The third-order valence-corrected chi connectivity index (χ3v) is 6.14. The zero-order chi connectivity index (χ0) is 22.6. The number of fused-ring (bicyclic) bond motifs is 2. The second kappa shape index (κ2) is 9.29. The molecular weight excluding hydrogens is 406 g/mol. The van der Waals surface area contributed by atoms with Crippen LogP contribution in [0.15, 0.2) is 91.0 Å². The third-order valence-electron chi connectivity index (χ3n) is 6.14. The molecule has 33 heavy (non-hydrogen) atoms. The Hall–Kier alpha value is -3.92. The Labute approximate surface area is 193 Å². The van der Waals surface area contributed by atoms with Gasteiger partial charge in [0.05, 0.1) is 11.0 Å². The number of hydrogen-bond acceptors (Lipinski definition) is 2. The summed E-state index contributed by atoms with van der Waals surface area (Å²) < 4.78 is 2.31. The van der Waals surface area contributed by atoms with E-state index >= 15 is 0 Å². The van der Waals surface area contributed by atoms with Crippen molar-refractivity contribution in [1.29, 1.82) is 0 Å². The normalized spacial score (nSPS) is 11.2. The van der Waals surface area contributed by atoms with Gasteiger partial charge in [0.25, 0.3) is 5.91 Å². The van der Waals surface area contributed by atoms with E-state index in [0.717, 1.165) is 47.4 Å². The maximum atomic E-state index is 12.5. The topological polar surface area (TPSA) is 46.9 Å². The number of benzene rings is 4. The Morgan fingerprint density at radius 2 is 1.64 bits per heavy atom. The van der Waals surface area contributed by atoms with Crippen LogP contribution < -0.4 is 5.32 Å². The SMILES string of the molecule is Cc1ccccc1C(=O)NCCCc1nc2ccccc2n1Cc1ccc2ccccc2c1. The molecule has 0 spiro atoms. The van der Waals surface area contributed by atoms with Crippen LogP contribution in [0.2, 0.25) is 0 Å². The second-order valence-corrected chi connectivity index (χ2v) is 8.46. The number of aryl methyl sites for hydroxylation is 2. The van der Waals surface area contributed by atoms with E-state index in [1.165, 1.54) is 16.3 Å². The largest absolute Gasteiger partial charge is 0.352 e. The zero-order valence-corrected chi connectivity index (χ0v) is 18.8. The van der Waals surface area contributed by atoms with Crippen LogP contribution in [0.5, 0.6) is 0 Å². The fraction of sp³-hybridized carbons (Fsp3) is 0.172. The molecule has 0 saturated carbocycles. The van der Waals surface area contributed by atoms with E-state index in [1.54, 1.807) is 0 Å². The summed E-state index contributed by atoms with van der Waals surface area (Å²) in [5.41, 5.74) is 5.14. The van der Waals surface area contributed by atoms with Gasteiger partial charge in [0.1, 0.15) is 5.82 Å². The van der Waals surface area contributed by atoms with Crippen molar-refractivity contribution >= 4 is 27.7 Å². The lowest BCUT2D eigenvalue weighted by Gasteiger charge is -2.11. The number of rotatable bonds is 7. The summed E-state index contributed by atoms with van der Waals surface area (Å²) in [5, 5.41) is 5.56. The minimum Gasteiger partial charge on any atom is -0.352 e. The monoisotopic (exact) mass is 433 g/mol. The Balaban J connectivity index is 1.32. The number of nitrogens with zero attached hydrogens (tertiary/aromatic N) is 2. The molecule has 1 heterocycles. The molecule has 164 valence electrons. The highest BCUT2D eigenvalue weighted by Gasteiger charge is 2.12. The van der Waals surface area contributed by atoms with Crippen LogP contribution in [0.3, 0.4) is 0 Å². The Bertz CT molecular complexity index is 1430. The smallest absolute Gasteiger partial charge is 0.251 e. The molecule has 0 bridgehead atoms. The zero-order valence-electron chi connectivity index (χ0n) is 18.8. The molecule has 1 aromatic heterocycles. The van der Waals surface area contributed by atoms with Gasteiger partial charge in [0.15, 0.2) is 0 Å². The first-order valence-corrected chi connectivity index (χ1v) is 11.4. The average molecular weight is 434 g/mol. The van der Waals surface area contributed by atoms with Gasteiger partial charge in [-0.25, -0.2) is 4.98 Å². The van der Waals surface area contributed by atoms with E-state index in [-0.39, 0.29) is 5.91 Å². The lowest BCUT2D eigenvalue weighted by Crippen LogP contribution is -2.25. The van der Waals surface area contributed by atoms with E-state index in [4.69, 9.17) is 4.98 Å². The molecule has 1 N–H and O–H groups in total. The highest BCUT2D eigenvalue weighted by atomic mass is 16.1. The van der Waals surface area contributed by atoms with Crippen LogP contribution in [0.1, 0.15) is 33.7 Å². The number of hydrogen-bond donors (Lipinski definition) is 1. The minimum absolute atomic E-state index is 0.0160. The van der Waals surface area contributed by atoms with Crippen molar-refractivity contribution in [3.63, 3.8) is 0 Å². The maximum Gasteiger partial charge on any atom is 0.251 e. The molecule has 4 heteroatoms. The molecule has 0 radical (unpaired) electrons. The first kappa shape index (κ1) is 21.0. The van der Waals surface area contributed by atoms with E-state index in [9.17, 15) is 4.79 Å². The van der Waals surface area contributed by atoms with Crippen molar-refractivity contribution < 1.29 is 4.79 Å². The first-order chi connectivity index (χ1) is 16.2. The molecule has 0 aliphatic rings. The van der Waals surface area contributed by atoms with Crippen molar-refractivity contribution in [3.05, 3.63) is 114 Å². The Morgan fingerprint density at radius 3 is 2.52 bits per heavy atom. The number of carbonyl (C=O) groups excluding carboxylic acids is 1. The van der Waals surface area contributed by atoms with Gasteiger partial charge < -0.3 is 9.88 Å². The summed E-state index contributed by atoms with van der Waals surface area (Å²) in [6.45, 7) is 3.35. The van der Waals surface area contributed by atoms with Crippen LogP contribution >= 0.6 is 0 Å². The van der Waals surface area contributed by atoms with Gasteiger partial charge in [-0.1, -0.05) is 66.7 Å². The first-order valence-electron chi connectivity index (χ1n) is 11.4. The van der Waals surface area contributed by atoms with Crippen LogP contribution in [-0.2, 0) is 13.0 Å². The fourth-order valence-electron chi connectivity index (χ4n) is 4.38. The van der Waals surface area contributed by atoms with Gasteiger partial charge in [0.2, 0.25) is 0 Å². The lowest BCUT2D eigenvalue weighted by molar-refractivity contribution is 0.0952. The number of aromatic nitrogens is 2. The Morgan fingerprint density at radius 1 is 0.879 bits per heavy atom. The summed E-state index contributed by atoms with van der Waals surface area (Å²) in [5.74, 6) is 1.03. The minimum atomic E-state index is -0.0160. The quantitative estimate of drug-likeness (QED) is 0.324. The molecular formula is C29H27N3O. The summed E-state index contributed by atoms with van der Waals surface area (Å²) >= 11 is 0.